The first kappa shape index (κ1) is 26.5. The molecule has 10 nitrogen and oxygen atoms in total. The first-order valence-electron chi connectivity index (χ1n) is 11.8. The van der Waals surface area contributed by atoms with Gasteiger partial charge in [0.2, 0.25) is 0 Å². The Balaban J connectivity index is 1.72. The largest absolute Gasteiger partial charge is 0.416 e. The highest BCUT2D eigenvalue weighted by Crippen LogP contribution is 2.40. The van der Waals surface area contributed by atoms with Gasteiger partial charge in [-0.05, 0) is 59.2 Å². The fourth-order valence-electron chi connectivity index (χ4n) is 4.52. The molecule has 0 atom stereocenters. The van der Waals surface area contributed by atoms with Crippen LogP contribution in [-0.4, -0.2) is 50.8 Å². The minimum atomic E-state index is -4.66. The van der Waals surface area contributed by atoms with Crippen molar-refractivity contribution in [3.63, 3.8) is 0 Å². The van der Waals surface area contributed by atoms with Crippen LogP contribution in [0.2, 0.25) is 0 Å². The van der Waals surface area contributed by atoms with E-state index in [4.69, 9.17) is 4.84 Å². The van der Waals surface area contributed by atoms with E-state index in [9.17, 15) is 28.0 Å². The molecular formula is C27H20F3N7O3. The monoisotopic (exact) mass is 547 g/mol. The van der Waals surface area contributed by atoms with Gasteiger partial charge in [0, 0.05) is 25.2 Å². The van der Waals surface area contributed by atoms with E-state index in [1.54, 1.807) is 29.8 Å². The molecule has 5 rings (SSSR count). The number of fused-ring (bicyclic) bond motifs is 1. The molecule has 2 amide bonds. The molecule has 0 saturated heterocycles. The van der Waals surface area contributed by atoms with Crippen LogP contribution in [0.15, 0.2) is 54.9 Å². The number of aromatic nitrogens is 4. The summed E-state index contributed by atoms with van der Waals surface area (Å²) in [6.45, 7) is -0.400. The Morgan fingerprint density at radius 2 is 1.90 bits per heavy atom. The molecule has 13 heteroatoms. The number of hydrogen-bond acceptors (Lipinski definition) is 7. The van der Waals surface area contributed by atoms with Gasteiger partial charge in [0.05, 0.1) is 30.9 Å². The molecule has 2 aromatic heterocycles. The summed E-state index contributed by atoms with van der Waals surface area (Å²) in [5, 5.41) is 18.5. The van der Waals surface area contributed by atoms with E-state index < -0.39 is 30.1 Å². The number of carbonyl (C=O) groups excluding carboxylic acids is 2. The van der Waals surface area contributed by atoms with Crippen LogP contribution in [-0.2, 0) is 24.6 Å². The molecule has 0 fully saturated rings. The van der Waals surface area contributed by atoms with Crippen LogP contribution in [0.4, 0.5) is 19.0 Å². The number of nitriles is 1. The summed E-state index contributed by atoms with van der Waals surface area (Å²) in [6, 6.07) is 13.3. The predicted molar refractivity (Wildman–Crippen MR) is 135 cm³/mol. The van der Waals surface area contributed by atoms with Crippen LogP contribution in [0.1, 0.15) is 37.5 Å². The highest BCUT2D eigenvalue weighted by Gasteiger charge is 2.40. The van der Waals surface area contributed by atoms with Crippen molar-refractivity contribution in [3.8, 4) is 28.6 Å². The summed E-state index contributed by atoms with van der Waals surface area (Å²) >= 11 is 0. The van der Waals surface area contributed by atoms with Gasteiger partial charge in [0.15, 0.2) is 5.82 Å². The van der Waals surface area contributed by atoms with Gasteiger partial charge in [-0.2, -0.15) is 18.4 Å². The lowest BCUT2D eigenvalue weighted by atomic mass is 9.96. The number of halogens is 3. The summed E-state index contributed by atoms with van der Waals surface area (Å²) in [4.78, 5) is 36.9. The van der Waals surface area contributed by atoms with Gasteiger partial charge in [-0.3, -0.25) is 19.3 Å². The maximum Gasteiger partial charge on any atom is 0.416 e. The summed E-state index contributed by atoms with van der Waals surface area (Å²) in [5.41, 5.74) is 0.364. The van der Waals surface area contributed by atoms with Crippen LogP contribution in [0, 0.1) is 11.3 Å². The molecule has 40 heavy (non-hydrogen) atoms. The maximum absolute atomic E-state index is 13.7. The van der Waals surface area contributed by atoms with E-state index in [0.717, 1.165) is 16.0 Å². The second-order valence-electron chi connectivity index (χ2n) is 8.94. The number of pyridine rings is 1. The quantitative estimate of drug-likeness (QED) is 0.343. The Morgan fingerprint density at radius 3 is 2.55 bits per heavy atom. The maximum atomic E-state index is 13.7. The van der Waals surface area contributed by atoms with E-state index in [2.05, 4.69) is 21.3 Å². The van der Waals surface area contributed by atoms with Crippen molar-refractivity contribution in [1.29, 1.82) is 5.26 Å². The Bertz CT molecular complexity index is 1710. The molecule has 0 radical (unpaired) electrons. The van der Waals surface area contributed by atoms with Crippen molar-refractivity contribution in [2.75, 3.05) is 19.1 Å². The molecule has 0 N–H and O–H groups in total. The lowest BCUT2D eigenvalue weighted by Crippen LogP contribution is -2.28. The van der Waals surface area contributed by atoms with Gasteiger partial charge >= 0.3 is 6.18 Å². The molecule has 0 saturated carbocycles. The second kappa shape index (κ2) is 9.90. The molecule has 0 spiro atoms. The average molecular weight is 547 g/mol. The Labute approximate surface area is 225 Å². The smallest absolute Gasteiger partial charge is 0.317 e. The predicted octanol–water partition coefficient (Wildman–Crippen LogP) is 4.23. The summed E-state index contributed by atoms with van der Waals surface area (Å²) < 4.78 is 42.8. The van der Waals surface area contributed by atoms with Gasteiger partial charge in [-0.1, -0.05) is 6.07 Å². The lowest BCUT2D eigenvalue weighted by Gasteiger charge is -2.20. The number of nitrogens with zero attached hydrogens (tertiary/aromatic N) is 7. The average Bonchev–Trinajstić information content (AvgIpc) is 3.53. The van der Waals surface area contributed by atoms with Gasteiger partial charge in [-0.25, -0.2) is 10.0 Å². The Hall–Kier alpha value is -5.09. The number of hydroxylamine groups is 2. The van der Waals surface area contributed by atoms with Gasteiger partial charge in [0.25, 0.3) is 11.8 Å². The van der Waals surface area contributed by atoms with Crippen molar-refractivity contribution < 1.29 is 27.6 Å². The molecule has 0 unspecified atom stereocenters. The van der Waals surface area contributed by atoms with E-state index in [-0.39, 0.29) is 22.6 Å². The highest BCUT2D eigenvalue weighted by molar-refractivity contribution is 6.10. The molecular weight excluding hydrogens is 527 g/mol. The fourth-order valence-corrected chi connectivity index (χ4v) is 4.52. The molecule has 2 aromatic carbocycles. The number of hydrogen-bond donors (Lipinski definition) is 0. The molecule has 202 valence electrons. The SMILES string of the molecule is CON(C)C(=O)c1cc(-c2cc(C#N)ccc2-c2nncn2C)cc(N2Cc3c(cccc3C(F)(F)F)C2=O)n1. The van der Waals surface area contributed by atoms with Gasteiger partial charge in [0.1, 0.15) is 17.8 Å². The van der Waals surface area contributed by atoms with E-state index in [0.29, 0.717) is 28.1 Å². The van der Waals surface area contributed by atoms with Crippen molar-refractivity contribution >= 4 is 17.6 Å². The number of amides is 2. The van der Waals surface area contributed by atoms with E-state index in [1.807, 2.05) is 0 Å². The van der Waals surface area contributed by atoms with Crippen LogP contribution < -0.4 is 4.90 Å². The second-order valence-corrected chi connectivity index (χ2v) is 8.94. The summed E-state index contributed by atoms with van der Waals surface area (Å²) in [6.07, 6.45) is -3.17. The Kier molecular flexibility index (Phi) is 6.56. The zero-order valence-electron chi connectivity index (χ0n) is 21.4. The zero-order valence-corrected chi connectivity index (χ0v) is 21.4. The number of rotatable bonds is 5. The molecule has 0 bridgehead atoms. The number of benzene rings is 2. The number of carbonyl (C=O) groups is 2. The normalized spacial score (nSPS) is 12.8. The van der Waals surface area contributed by atoms with Crippen LogP contribution in [0.3, 0.4) is 0 Å². The molecule has 3 heterocycles. The molecule has 0 aliphatic carbocycles. The third kappa shape index (κ3) is 4.54. The number of anilines is 1. The van der Waals surface area contributed by atoms with Crippen molar-refractivity contribution in [2.24, 2.45) is 7.05 Å². The minimum absolute atomic E-state index is 0.0500. The minimum Gasteiger partial charge on any atom is -0.317 e. The topological polar surface area (TPSA) is 117 Å². The first-order chi connectivity index (χ1) is 19.0. The van der Waals surface area contributed by atoms with Crippen molar-refractivity contribution in [3.05, 3.63) is 82.8 Å². The van der Waals surface area contributed by atoms with Crippen LogP contribution in [0.25, 0.3) is 22.5 Å². The van der Waals surface area contributed by atoms with Crippen LogP contribution in [0.5, 0.6) is 0 Å². The molecule has 1 aliphatic rings. The van der Waals surface area contributed by atoms with E-state index >= 15 is 0 Å². The third-order valence-corrected chi connectivity index (χ3v) is 6.55. The third-order valence-electron chi connectivity index (χ3n) is 6.55. The number of aryl methyl sites for hydroxylation is 1. The standard InChI is InChI=1S/C27H20F3N7O3/c1-35-14-32-34-24(35)17-8-7-15(12-31)9-19(17)16-10-22(26(39)36(2)40-3)33-23(11-16)37-13-20-18(25(37)38)5-4-6-21(20)27(28,29)30/h4-11,14H,13H2,1-3H3. The Morgan fingerprint density at radius 1 is 1.12 bits per heavy atom. The fraction of sp³-hybridized carbons (Fsp3) is 0.185. The zero-order chi connectivity index (χ0) is 28.8. The highest BCUT2D eigenvalue weighted by atomic mass is 19.4. The molecule has 1 aliphatic heterocycles. The molecule has 4 aromatic rings. The van der Waals surface area contributed by atoms with Crippen molar-refractivity contribution in [2.45, 2.75) is 12.7 Å². The van der Waals surface area contributed by atoms with Gasteiger partial charge < -0.3 is 4.57 Å². The first-order valence-corrected chi connectivity index (χ1v) is 11.8. The van der Waals surface area contributed by atoms with Crippen molar-refractivity contribution in [1.82, 2.24) is 24.8 Å². The number of alkyl halides is 3. The van der Waals surface area contributed by atoms with E-state index in [1.165, 1.54) is 44.8 Å². The van der Waals surface area contributed by atoms with Gasteiger partial charge in [-0.15, -0.1) is 10.2 Å². The lowest BCUT2D eigenvalue weighted by molar-refractivity contribution is -0.138. The van der Waals surface area contributed by atoms with Crippen LogP contribution >= 0.6 is 0 Å². The summed E-state index contributed by atoms with van der Waals surface area (Å²) in [7, 11) is 4.38. The summed E-state index contributed by atoms with van der Waals surface area (Å²) in [5.74, 6) is -0.948.